The van der Waals surface area contributed by atoms with Crippen LogP contribution >= 0.6 is 0 Å². The maximum atomic E-state index is 12.7. The monoisotopic (exact) mass is 243 g/mol. The molecule has 2 fully saturated rings. The topological polar surface area (TPSA) is 20.3 Å². The maximum Gasteiger partial charge on any atom is 0.229 e. The first-order valence-corrected chi connectivity index (χ1v) is 7.02. The number of hydrogen-bond acceptors (Lipinski definition) is 1. The van der Waals surface area contributed by atoms with Crippen LogP contribution in [0, 0.1) is 5.41 Å². The first kappa shape index (κ1) is 11.8. The number of carbonyl (C=O) groups excluding carboxylic acids is 1. The van der Waals surface area contributed by atoms with Crippen LogP contribution < -0.4 is 0 Å². The average Bonchev–Trinajstić information content (AvgIpc) is 3.17. The van der Waals surface area contributed by atoms with Gasteiger partial charge >= 0.3 is 0 Å². The molecule has 0 unspecified atom stereocenters. The van der Waals surface area contributed by atoms with Crippen LogP contribution in [0.1, 0.15) is 37.7 Å². The van der Waals surface area contributed by atoms with Crippen LogP contribution in [0.3, 0.4) is 0 Å². The van der Waals surface area contributed by atoms with Crippen molar-refractivity contribution in [2.24, 2.45) is 5.41 Å². The van der Waals surface area contributed by atoms with Gasteiger partial charge in [0.15, 0.2) is 0 Å². The molecule has 0 aromatic heterocycles. The molecule has 1 aromatic carbocycles. The van der Waals surface area contributed by atoms with Crippen molar-refractivity contribution in [2.75, 3.05) is 7.05 Å². The molecule has 2 aliphatic rings. The zero-order chi connectivity index (χ0) is 12.6. The van der Waals surface area contributed by atoms with Gasteiger partial charge in [-0.25, -0.2) is 0 Å². The maximum absolute atomic E-state index is 12.7. The summed E-state index contributed by atoms with van der Waals surface area (Å²) < 4.78 is 0. The van der Waals surface area contributed by atoms with Crippen LogP contribution in [0.5, 0.6) is 0 Å². The van der Waals surface area contributed by atoms with Gasteiger partial charge in [0.05, 0.1) is 5.41 Å². The van der Waals surface area contributed by atoms with E-state index in [1.54, 1.807) is 0 Å². The lowest BCUT2D eigenvalue weighted by Gasteiger charge is -2.43. The van der Waals surface area contributed by atoms with Crippen LogP contribution in [0.2, 0.25) is 0 Å². The van der Waals surface area contributed by atoms with Crippen LogP contribution in [-0.2, 0) is 11.2 Å². The number of carbonyl (C=O) groups is 1. The molecule has 96 valence electrons. The third kappa shape index (κ3) is 2.05. The zero-order valence-corrected chi connectivity index (χ0v) is 11.1. The van der Waals surface area contributed by atoms with Gasteiger partial charge in [-0.2, -0.15) is 0 Å². The summed E-state index contributed by atoms with van der Waals surface area (Å²) in [6, 6.07) is 11.0. The molecule has 3 rings (SSSR count). The Hall–Kier alpha value is -1.31. The van der Waals surface area contributed by atoms with Crippen molar-refractivity contribution in [3.8, 4) is 0 Å². The standard InChI is InChI=1S/C16H21NO/c1-17(14-8-9-14)15(18)16(10-5-11-16)12-13-6-3-2-4-7-13/h2-4,6-7,14H,5,8-12H2,1H3. The predicted molar refractivity (Wildman–Crippen MR) is 72.2 cm³/mol. The second kappa shape index (κ2) is 4.42. The lowest BCUT2D eigenvalue weighted by Crippen LogP contribution is -2.48. The van der Waals surface area contributed by atoms with Gasteiger partial charge < -0.3 is 4.90 Å². The fourth-order valence-electron chi connectivity index (χ4n) is 3.06. The quantitative estimate of drug-likeness (QED) is 0.796. The molecule has 18 heavy (non-hydrogen) atoms. The third-order valence-electron chi connectivity index (χ3n) is 4.56. The lowest BCUT2D eigenvalue weighted by atomic mass is 9.64. The minimum absolute atomic E-state index is 0.0846. The van der Waals surface area contributed by atoms with E-state index in [0.29, 0.717) is 11.9 Å². The molecule has 0 saturated heterocycles. The molecule has 1 aromatic rings. The zero-order valence-electron chi connectivity index (χ0n) is 11.1. The summed E-state index contributed by atoms with van der Waals surface area (Å²) in [6.07, 6.45) is 6.66. The highest BCUT2D eigenvalue weighted by Crippen LogP contribution is 2.46. The summed E-state index contributed by atoms with van der Waals surface area (Å²) in [5, 5.41) is 0. The van der Waals surface area contributed by atoms with Gasteiger partial charge in [-0.3, -0.25) is 4.79 Å². The largest absolute Gasteiger partial charge is 0.342 e. The molecular weight excluding hydrogens is 222 g/mol. The van der Waals surface area contributed by atoms with Gasteiger partial charge in [-0.1, -0.05) is 36.8 Å². The Labute approximate surface area is 109 Å². The molecular formula is C16H21NO. The van der Waals surface area contributed by atoms with Gasteiger partial charge in [-0.15, -0.1) is 0 Å². The highest BCUT2D eigenvalue weighted by atomic mass is 16.2. The summed E-state index contributed by atoms with van der Waals surface area (Å²) in [6.45, 7) is 0. The van der Waals surface area contributed by atoms with E-state index in [1.165, 1.54) is 24.8 Å². The lowest BCUT2D eigenvalue weighted by molar-refractivity contribution is -0.146. The van der Waals surface area contributed by atoms with Crippen molar-refractivity contribution in [1.29, 1.82) is 0 Å². The molecule has 1 amide bonds. The third-order valence-corrected chi connectivity index (χ3v) is 4.56. The van der Waals surface area contributed by atoms with E-state index >= 15 is 0 Å². The second-order valence-corrected chi connectivity index (χ2v) is 5.94. The molecule has 2 nitrogen and oxygen atoms in total. The molecule has 0 bridgehead atoms. The first-order chi connectivity index (χ1) is 8.71. The summed E-state index contributed by atoms with van der Waals surface area (Å²) >= 11 is 0. The molecule has 0 spiro atoms. The Morgan fingerprint density at radius 2 is 1.94 bits per heavy atom. The van der Waals surface area contributed by atoms with E-state index in [1.807, 2.05) is 18.0 Å². The van der Waals surface area contributed by atoms with E-state index in [-0.39, 0.29) is 5.41 Å². The number of benzene rings is 1. The molecule has 0 heterocycles. The van der Waals surface area contributed by atoms with Crippen molar-refractivity contribution >= 4 is 5.91 Å². The summed E-state index contributed by atoms with van der Waals surface area (Å²) in [5.41, 5.74) is 1.22. The second-order valence-electron chi connectivity index (χ2n) is 5.94. The van der Waals surface area contributed by atoms with E-state index in [2.05, 4.69) is 24.3 Å². The first-order valence-electron chi connectivity index (χ1n) is 7.02. The average molecular weight is 243 g/mol. The Bertz CT molecular complexity index is 432. The van der Waals surface area contributed by atoms with Crippen molar-refractivity contribution < 1.29 is 4.79 Å². The molecule has 0 aliphatic heterocycles. The van der Waals surface area contributed by atoms with Crippen molar-refractivity contribution in [3.05, 3.63) is 35.9 Å². The number of hydrogen-bond donors (Lipinski definition) is 0. The van der Waals surface area contributed by atoms with Crippen LogP contribution in [0.4, 0.5) is 0 Å². The normalized spacial score (nSPS) is 21.2. The van der Waals surface area contributed by atoms with E-state index in [9.17, 15) is 4.79 Å². The van der Waals surface area contributed by atoms with Gasteiger partial charge in [-0.05, 0) is 37.7 Å². The van der Waals surface area contributed by atoms with Crippen molar-refractivity contribution in [3.63, 3.8) is 0 Å². The van der Waals surface area contributed by atoms with Crippen molar-refractivity contribution in [2.45, 2.75) is 44.6 Å². The molecule has 2 heteroatoms. The van der Waals surface area contributed by atoms with Gasteiger partial charge in [0, 0.05) is 13.1 Å². The molecule has 0 radical (unpaired) electrons. The molecule has 2 saturated carbocycles. The Balaban J connectivity index is 1.75. The SMILES string of the molecule is CN(C(=O)C1(Cc2ccccc2)CCC1)C1CC1. The molecule has 2 aliphatic carbocycles. The minimum atomic E-state index is -0.0846. The highest BCUT2D eigenvalue weighted by Gasteiger charge is 2.47. The van der Waals surface area contributed by atoms with E-state index in [0.717, 1.165) is 19.3 Å². The van der Waals surface area contributed by atoms with Gasteiger partial charge in [0.1, 0.15) is 0 Å². The Morgan fingerprint density at radius 1 is 1.28 bits per heavy atom. The Morgan fingerprint density at radius 3 is 2.44 bits per heavy atom. The smallest absolute Gasteiger partial charge is 0.229 e. The minimum Gasteiger partial charge on any atom is -0.342 e. The van der Waals surface area contributed by atoms with Gasteiger partial charge in [0.25, 0.3) is 0 Å². The predicted octanol–water partition coefficient (Wildman–Crippen LogP) is 3.02. The highest BCUT2D eigenvalue weighted by molar-refractivity contribution is 5.84. The number of rotatable bonds is 4. The number of amides is 1. The Kier molecular flexibility index (Phi) is 2.89. The number of nitrogens with zero attached hydrogens (tertiary/aromatic N) is 1. The van der Waals surface area contributed by atoms with Crippen LogP contribution in [-0.4, -0.2) is 23.9 Å². The molecule has 0 atom stereocenters. The van der Waals surface area contributed by atoms with Crippen LogP contribution in [0.25, 0.3) is 0 Å². The summed E-state index contributed by atoms with van der Waals surface area (Å²) in [4.78, 5) is 14.7. The summed E-state index contributed by atoms with van der Waals surface area (Å²) in [7, 11) is 1.99. The van der Waals surface area contributed by atoms with Crippen LogP contribution in [0.15, 0.2) is 30.3 Å². The fourth-order valence-corrected chi connectivity index (χ4v) is 3.06. The fraction of sp³-hybridized carbons (Fsp3) is 0.562. The van der Waals surface area contributed by atoms with Crippen molar-refractivity contribution in [1.82, 2.24) is 4.90 Å². The van der Waals surface area contributed by atoms with E-state index in [4.69, 9.17) is 0 Å². The van der Waals surface area contributed by atoms with E-state index < -0.39 is 0 Å². The molecule has 0 N–H and O–H groups in total. The van der Waals surface area contributed by atoms with Gasteiger partial charge in [0.2, 0.25) is 5.91 Å². The summed E-state index contributed by atoms with van der Waals surface area (Å²) in [5.74, 6) is 0.389.